The predicted molar refractivity (Wildman–Crippen MR) is 122 cm³/mol. The quantitative estimate of drug-likeness (QED) is 0.292. The monoisotopic (exact) mass is 362 g/mol. The molecule has 0 saturated heterocycles. The number of hydrogen-bond donors (Lipinski definition) is 1. The summed E-state index contributed by atoms with van der Waals surface area (Å²) in [5.74, 6) is 0. The molecule has 28 heavy (non-hydrogen) atoms. The van der Waals surface area contributed by atoms with Gasteiger partial charge in [0, 0.05) is 49.2 Å². The van der Waals surface area contributed by atoms with Gasteiger partial charge in [0.25, 0.3) is 0 Å². The van der Waals surface area contributed by atoms with Crippen molar-refractivity contribution in [3.63, 3.8) is 0 Å². The summed E-state index contributed by atoms with van der Waals surface area (Å²) in [7, 11) is 0. The van der Waals surface area contributed by atoms with Crippen LogP contribution < -0.4 is 0 Å². The summed E-state index contributed by atoms with van der Waals surface area (Å²) >= 11 is 0. The van der Waals surface area contributed by atoms with E-state index >= 15 is 0 Å². The highest BCUT2D eigenvalue weighted by atomic mass is 14.9. The fourth-order valence-corrected chi connectivity index (χ4v) is 5.12. The second kappa shape index (κ2) is 5.62. The van der Waals surface area contributed by atoms with E-state index < -0.39 is 0 Å². The Hall–Kier alpha value is -3.26. The van der Waals surface area contributed by atoms with E-state index in [9.17, 15) is 0 Å². The van der Waals surface area contributed by atoms with E-state index in [-0.39, 0.29) is 0 Å². The van der Waals surface area contributed by atoms with Crippen molar-refractivity contribution in [1.82, 2.24) is 9.38 Å². The Bertz CT molecular complexity index is 1520. The maximum atomic E-state index is 3.66. The summed E-state index contributed by atoms with van der Waals surface area (Å²) in [6, 6.07) is 19.9. The molecule has 1 aliphatic rings. The minimum Gasteiger partial charge on any atom is -0.354 e. The summed E-state index contributed by atoms with van der Waals surface area (Å²) < 4.78 is 2.53. The number of H-pyrrole nitrogens is 1. The third kappa shape index (κ3) is 1.78. The largest absolute Gasteiger partial charge is 0.354 e. The van der Waals surface area contributed by atoms with Crippen molar-refractivity contribution < 1.29 is 0 Å². The molecule has 0 atom stereocenters. The number of rotatable bonds is 0. The number of hydrogen-bond acceptors (Lipinski definition) is 0. The lowest BCUT2D eigenvalue weighted by molar-refractivity contribution is 0.926. The van der Waals surface area contributed by atoms with Crippen molar-refractivity contribution in [2.75, 3.05) is 0 Å². The van der Waals surface area contributed by atoms with Crippen LogP contribution in [-0.2, 0) is 6.42 Å². The summed E-state index contributed by atoms with van der Waals surface area (Å²) in [6.07, 6.45) is 6.88. The molecule has 2 heteroatoms. The van der Waals surface area contributed by atoms with Gasteiger partial charge in [0.05, 0.1) is 11.0 Å². The van der Waals surface area contributed by atoms with Crippen LogP contribution in [-0.4, -0.2) is 9.38 Å². The molecule has 6 aromatic rings. The van der Waals surface area contributed by atoms with Crippen molar-refractivity contribution in [3.05, 3.63) is 71.9 Å². The number of nitrogens with zero attached hydrogens (tertiary/aromatic N) is 1. The van der Waals surface area contributed by atoms with Crippen molar-refractivity contribution in [2.24, 2.45) is 0 Å². The third-order valence-corrected chi connectivity index (χ3v) is 6.11. The van der Waals surface area contributed by atoms with E-state index in [0.717, 1.165) is 12.8 Å². The first kappa shape index (κ1) is 15.8. The molecule has 1 aliphatic carbocycles. The molecule has 0 radical (unpaired) electrons. The predicted octanol–water partition coefficient (Wildman–Crippen LogP) is 7.30. The topological polar surface area (TPSA) is 20.2 Å². The summed E-state index contributed by atoms with van der Waals surface area (Å²) in [5, 5.41) is 6.81. The molecule has 0 saturated carbocycles. The van der Waals surface area contributed by atoms with Gasteiger partial charge in [0.15, 0.2) is 0 Å². The van der Waals surface area contributed by atoms with Crippen molar-refractivity contribution in [1.29, 1.82) is 0 Å². The highest BCUT2D eigenvalue weighted by Gasteiger charge is 2.24. The van der Waals surface area contributed by atoms with Gasteiger partial charge in [-0.1, -0.05) is 62.4 Å². The first-order valence-electron chi connectivity index (χ1n) is 10.3. The average molecular weight is 362 g/mol. The summed E-state index contributed by atoms with van der Waals surface area (Å²) in [5.41, 5.74) is 8.05. The maximum Gasteiger partial charge on any atom is 0.0624 e. The van der Waals surface area contributed by atoms with Crippen LogP contribution in [0.3, 0.4) is 0 Å². The van der Waals surface area contributed by atoms with E-state index in [1.54, 1.807) is 0 Å². The van der Waals surface area contributed by atoms with Gasteiger partial charge in [-0.2, -0.15) is 0 Å². The fraction of sp³-hybridized carbons (Fsp3) is 0.154. The van der Waals surface area contributed by atoms with Gasteiger partial charge in [0.2, 0.25) is 0 Å². The lowest BCUT2D eigenvalue weighted by atomic mass is 9.98. The Balaban J connectivity index is 0.000000756. The fourth-order valence-electron chi connectivity index (χ4n) is 5.12. The molecular weight excluding hydrogens is 340 g/mol. The number of fused-ring (bicyclic) bond motifs is 10. The van der Waals surface area contributed by atoms with Gasteiger partial charge < -0.3 is 9.38 Å². The second-order valence-electron chi connectivity index (χ2n) is 7.39. The molecular formula is C26H22N2. The van der Waals surface area contributed by atoms with Crippen LogP contribution in [0.4, 0.5) is 0 Å². The number of aromatic amines is 1. The smallest absolute Gasteiger partial charge is 0.0624 e. The summed E-state index contributed by atoms with van der Waals surface area (Å²) in [6.45, 7) is 4.00. The van der Waals surface area contributed by atoms with Crippen molar-refractivity contribution >= 4 is 55.1 Å². The lowest BCUT2D eigenvalue weighted by Crippen LogP contribution is -1.96. The van der Waals surface area contributed by atoms with E-state index in [2.05, 4.69) is 76.1 Å². The molecule has 7 rings (SSSR count). The first-order valence-corrected chi connectivity index (χ1v) is 10.3. The van der Waals surface area contributed by atoms with Gasteiger partial charge in [0.1, 0.15) is 0 Å². The van der Waals surface area contributed by atoms with Gasteiger partial charge in [-0.3, -0.25) is 0 Å². The molecule has 0 aliphatic heterocycles. The van der Waals surface area contributed by atoms with Gasteiger partial charge in [-0.15, -0.1) is 0 Å². The van der Waals surface area contributed by atoms with Gasteiger partial charge in [-0.05, 0) is 31.0 Å². The van der Waals surface area contributed by atoms with Crippen LogP contribution in [0.15, 0.2) is 60.7 Å². The molecule has 3 heterocycles. The molecule has 0 unspecified atom stereocenters. The number of nitrogens with one attached hydrogen (secondary N) is 1. The Morgan fingerprint density at radius 3 is 2.50 bits per heavy atom. The van der Waals surface area contributed by atoms with Gasteiger partial charge >= 0.3 is 0 Å². The molecule has 0 bridgehead atoms. The van der Waals surface area contributed by atoms with Gasteiger partial charge in [-0.25, -0.2) is 0 Å². The zero-order valence-corrected chi connectivity index (χ0v) is 16.2. The molecule has 136 valence electrons. The molecule has 1 N–H and O–H groups in total. The number of allylic oxidation sites excluding steroid dienone is 1. The Labute approximate surface area is 163 Å². The van der Waals surface area contributed by atoms with Crippen LogP contribution in [0.5, 0.6) is 0 Å². The second-order valence-corrected chi connectivity index (χ2v) is 7.39. The first-order chi connectivity index (χ1) is 13.9. The SMILES string of the molecule is C1=Cc2c(n3c4ccccc4c4c5c(cc2c43)[nH]c2ccccc25)CC1.CC. The summed E-state index contributed by atoms with van der Waals surface area (Å²) in [4.78, 5) is 3.66. The van der Waals surface area contributed by atoms with E-state index in [1.807, 2.05) is 13.8 Å². The molecule has 2 nitrogen and oxygen atoms in total. The van der Waals surface area contributed by atoms with Crippen molar-refractivity contribution in [2.45, 2.75) is 26.7 Å². The lowest BCUT2D eigenvalue weighted by Gasteiger charge is -2.07. The van der Waals surface area contributed by atoms with Crippen LogP contribution in [0.25, 0.3) is 55.1 Å². The third-order valence-electron chi connectivity index (χ3n) is 6.11. The molecule has 0 spiro atoms. The number of aryl methyl sites for hydroxylation is 1. The molecule has 3 aromatic heterocycles. The van der Waals surface area contributed by atoms with E-state index in [4.69, 9.17) is 0 Å². The molecule has 0 amide bonds. The highest BCUT2D eigenvalue weighted by molar-refractivity contribution is 6.32. The zero-order valence-electron chi connectivity index (χ0n) is 16.2. The van der Waals surface area contributed by atoms with E-state index in [0.29, 0.717) is 0 Å². The van der Waals surface area contributed by atoms with Crippen LogP contribution in [0.2, 0.25) is 0 Å². The van der Waals surface area contributed by atoms with E-state index in [1.165, 1.54) is 60.3 Å². The number of aromatic nitrogens is 2. The van der Waals surface area contributed by atoms with Crippen LogP contribution in [0.1, 0.15) is 31.5 Å². The number of benzene rings is 3. The minimum absolute atomic E-state index is 1.11. The minimum atomic E-state index is 1.11. The van der Waals surface area contributed by atoms with Crippen LogP contribution >= 0.6 is 0 Å². The number of para-hydroxylation sites is 2. The normalized spacial score (nSPS) is 13.6. The molecule has 0 fully saturated rings. The van der Waals surface area contributed by atoms with Crippen molar-refractivity contribution in [3.8, 4) is 0 Å². The van der Waals surface area contributed by atoms with Crippen LogP contribution in [0, 0.1) is 0 Å². The maximum absolute atomic E-state index is 3.66. The zero-order chi connectivity index (χ0) is 18.8. The Kier molecular flexibility index (Phi) is 3.16. The standard InChI is InChI=1S/C24H16N2.C2H6/c1-4-10-18-15(8-1)22-19(25-18)13-17-14-7-2-5-11-20(14)26-21-12-6-3-9-16(21)23(22)24(17)26;1-2/h1-4,6-10,12-13,25H,5,11H2;1-2H3. The Morgan fingerprint density at radius 1 is 0.821 bits per heavy atom. The molecule has 3 aromatic carbocycles. The Morgan fingerprint density at radius 2 is 1.61 bits per heavy atom. The average Bonchev–Trinajstić information content (AvgIpc) is 3.40. The highest BCUT2D eigenvalue weighted by Crippen LogP contribution is 2.45.